The first-order valence-electron chi connectivity index (χ1n) is 9.15. The van der Waals surface area contributed by atoms with Gasteiger partial charge in [-0.1, -0.05) is 36.4 Å². The number of hydrogen-bond donors (Lipinski definition) is 1. The summed E-state index contributed by atoms with van der Waals surface area (Å²) in [5.41, 5.74) is 2.02. The van der Waals surface area contributed by atoms with Gasteiger partial charge in [-0.15, -0.1) is 0 Å². The highest BCUT2D eigenvalue weighted by Gasteiger charge is 2.11. The van der Waals surface area contributed by atoms with E-state index in [1.165, 1.54) is 0 Å². The van der Waals surface area contributed by atoms with Crippen molar-refractivity contribution in [3.63, 3.8) is 0 Å². The van der Waals surface area contributed by atoms with Crippen molar-refractivity contribution in [2.24, 2.45) is 0 Å². The molecule has 2 bridgehead atoms. The number of aryl methyl sites for hydroxylation is 1. The van der Waals surface area contributed by atoms with E-state index in [0.29, 0.717) is 37.3 Å². The van der Waals surface area contributed by atoms with Crippen molar-refractivity contribution in [1.82, 2.24) is 0 Å². The van der Waals surface area contributed by atoms with Crippen LogP contribution in [0.5, 0.6) is 5.75 Å². The van der Waals surface area contributed by atoms with Crippen molar-refractivity contribution in [1.29, 1.82) is 0 Å². The van der Waals surface area contributed by atoms with Gasteiger partial charge in [-0.25, -0.2) is 4.79 Å². The van der Waals surface area contributed by atoms with Crippen molar-refractivity contribution in [3.05, 3.63) is 71.8 Å². The van der Waals surface area contributed by atoms with Gasteiger partial charge in [0.05, 0.1) is 12.2 Å². The Morgan fingerprint density at radius 1 is 0.889 bits per heavy atom. The Balaban J connectivity index is 1.76. The van der Waals surface area contributed by atoms with Crippen LogP contribution in [0.25, 0.3) is 0 Å². The van der Waals surface area contributed by atoms with E-state index in [4.69, 9.17) is 9.47 Å². The molecule has 2 aromatic carbocycles. The van der Waals surface area contributed by atoms with E-state index < -0.39 is 0 Å². The minimum Gasteiger partial charge on any atom is -0.489 e. The van der Waals surface area contributed by atoms with Gasteiger partial charge in [-0.3, -0.25) is 4.79 Å². The summed E-state index contributed by atoms with van der Waals surface area (Å²) in [6.45, 7) is 0.816. The smallest absolute Gasteiger partial charge is 0.338 e. The maximum atomic E-state index is 12.3. The average molecular weight is 365 g/mol. The number of allylic oxidation sites excluding steroid dienone is 1. The number of carbonyl (C=O) groups excluding carboxylic acids is 2. The fourth-order valence-corrected chi connectivity index (χ4v) is 2.82. The largest absolute Gasteiger partial charge is 0.489 e. The third-order valence-corrected chi connectivity index (χ3v) is 4.23. The molecule has 5 heteroatoms. The van der Waals surface area contributed by atoms with Gasteiger partial charge in [0, 0.05) is 12.1 Å². The maximum Gasteiger partial charge on any atom is 0.338 e. The number of para-hydroxylation sites is 1. The molecule has 1 aliphatic rings. The first kappa shape index (κ1) is 18.7. The standard InChI is InChI=1S/C22H23NO4/c24-21-13-12-17-8-3-4-11-20(17)26-14-5-1-2-6-15-27-22(25)18-9-7-10-19(16-18)23-21/h1,3-5,7-11,16H,2,6,12-15H2,(H,23,24)/b5-1-. The summed E-state index contributed by atoms with van der Waals surface area (Å²) in [7, 11) is 0. The number of esters is 1. The minimum absolute atomic E-state index is 0.115. The van der Waals surface area contributed by atoms with Gasteiger partial charge < -0.3 is 14.8 Å². The van der Waals surface area contributed by atoms with Crippen LogP contribution >= 0.6 is 0 Å². The van der Waals surface area contributed by atoms with Gasteiger partial charge >= 0.3 is 5.97 Å². The van der Waals surface area contributed by atoms with Gasteiger partial charge in [-0.2, -0.15) is 0 Å². The van der Waals surface area contributed by atoms with Crippen LogP contribution in [0.2, 0.25) is 0 Å². The van der Waals surface area contributed by atoms with Crippen molar-refractivity contribution >= 4 is 17.6 Å². The molecular weight excluding hydrogens is 342 g/mol. The van der Waals surface area contributed by atoms with Crippen molar-refractivity contribution in [3.8, 4) is 5.75 Å². The van der Waals surface area contributed by atoms with Crippen molar-refractivity contribution in [2.45, 2.75) is 25.7 Å². The number of rotatable bonds is 0. The number of anilines is 1. The lowest BCUT2D eigenvalue weighted by Gasteiger charge is -2.11. The lowest BCUT2D eigenvalue weighted by molar-refractivity contribution is -0.116. The van der Waals surface area contributed by atoms with Crippen LogP contribution in [0.1, 0.15) is 35.2 Å². The van der Waals surface area contributed by atoms with Gasteiger partial charge in [0.15, 0.2) is 0 Å². The van der Waals surface area contributed by atoms with Crippen LogP contribution in [0.15, 0.2) is 60.7 Å². The number of carbonyl (C=O) groups is 2. The number of hydrogen-bond acceptors (Lipinski definition) is 4. The van der Waals surface area contributed by atoms with E-state index in [1.54, 1.807) is 24.3 Å². The molecule has 1 heterocycles. The molecule has 140 valence electrons. The molecule has 0 aliphatic carbocycles. The molecule has 3 rings (SSSR count). The van der Waals surface area contributed by atoms with Gasteiger partial charge in [0.25, 0.3) is 0 Å². The molecule has 0 radical (unpaired) electrons. The van der Waals surface area contributed by atoms with Crippen LogP contribution in [0, 0.1) is 0 Å². The third kappa shape index (κ3) is 5.71. The lowest BCUT2D eigenvalue weighted by atomic mass is 10.1. The van der Waals surface area contributed by atoms with Crippen molar-refractivity contribution < 1.29 is 19.1 Å². The van der Waals surface area contributed by atoms with Gasteiger partial charge in [0.1, 0.15) is 12.4 Å². The Hall–Kier alpha value is -3.08. The molecule has 27 heavy (non-hydrogen) atoms. The average Bonchev–Trinajstić information content (AvgIpc) is 2.68. The predicted octanol–water partition coefficient (Wildman–Crippen LogP) is 4.14. The summed E-state index contributed by atoms with van der Waals surface area (Å²) in [6, 6.07) is 14.6. The second kappa shape index (κ2) is 9.57. The summed E-state index contributed by atoms with van der Waals surface area (Å²) >= 11 is 0. The Labute approximate surface area is 159 Å². The molecule has 5 nitrogen and oxygen atoms in total. The van der Waals surface area contributed by atoms with Crippen LogP contribution in [-0.4, -0.2) is 25.1 Å². The Kier molecular flexibility index (Phi) is 6.63. The van der Waals surface area contributed by atoms with E-state index in [9.17, 15) is 9.59 Å². The molecule has 2 aromatic rings. The van der Waals surface area contributed by atoms with E-state index in [1.807, 2.05) is 36.4 Å². The topological polar surface area (TPSA) is 64.6 Å². The molecule has 1 amide bonds. The Bertz CT molecular complexity index is 829. The highest BCUT2D eigenvalue weighted by atomic mass is 16.5. The fourth-order valence-electron chi connectivity index (χ4n) is 2.82. The Morgan fingerprint density at radius 3 is 2.70 bits per heavy atom. The second-order valence-corrected chi connectivity index (χ2v) is 6.30. The zero-order valence-corrected chi connectivity index (χ0v) is 15.1. The summed E-state index contributed by atoms with van der Waals surface area (Å²) in [5, 5.41) is 2.84. The molecule has 1 N–H and O–H groups in total. The van der Waals surface area contributed by atoms with Crippen LogP contribution < -0.4 is 10.1 Å². The summed E-state index contributed by atoms with van der Waals surface area (Å²) in [4.78, 5) is 24.4. The highest BCUT2D eigenvalue weighted by molar-refractivity contribution is 5.94. The first-order chi connectivity index (χ1) is 13.2. The first-order valence-corrected chi connectivity index (χ1v) is 9.15. The summed E-state index contributed by atoms with van der Waals surface area (Å²) < 4.78 is 11.1. The van der Waals surface area contributed by atoms with Gasteiger partial charge in [0.2, 0.25) is 5.91 Å². The zero-order chi connectivity index (χ0) is 18.9. The van der Waals surface area contributed by atoms with E-state index in [-0.39, 0.29) is 11.9 Å². The zero-order valence-electron chi connectivity index (χ0n) is 15.1. The number of ether oxygens (including phenoxy) is 2. The number of nitrogens with one attached hydrogen (secondary N) is 1. The third-order valence-electron chi connectivity index (χ3n) is 4.23. The summed E-state index contributed by atoms with van der Waals surface area (Å²) in [5.74, 6) is 0.303. The molecule has 0 aromatic heterocycles. The van der Waals surface area contributed by atoms with Crippen molar-refractivity contribution in [2.75, 3.05) is 18.5 Å². The number of fused-ring (bicyclic) bond motifs is 3. The number of benzene rings is 2. The lowest BCUT2D eigenvalue weighted by Crippen LogP contribution is -2.13. The molecule has 0 spiro atoms. The molecular formula is C22H23NO4. The number of cyclic esters (lactones) is 1. The van der Waals surface area contributed by atoms with E-state index >= 15 is 0 Å². The van der Waals surface area contributed by atoms with Crippen LogP contribution in [0.4, 0.5) is 5.69 Å². The normalized spacial score (nSPS) is 17.3. The van der Waals surface area contributed by atoms with Crippen LogP contribution in [-0.2, 0) is 16.0 Å². The molecule has 0 atom stereocenters. The fraction of sp³-hybridized carbons (Fsp3) is 0.273. The molecule has 0 unspecified atom stereocenters. The van der Waals surface area contributed by atoms with E-state index in [2.05, 4.69) is 5.32 Å². The predicted molar refractivity (Wildman–Crippen MR) is 104 cm³/mol. The Morgan fingerprint density at radius 2 is 1.78 bits per heavy atom. The minimum atomic E-state index is -0.381. The summed E-state index contributed by atoms with van der Waals surface area (Å²) in [6.07, 6.45) is 6.44. The quantitative estimate of drug-likeness (QED) is 0.563. The molecule has 0 saturated heterocycles. The molecule has 0 saturated carbocycles. The second-order valence-electron chi connectivity index (χ2n) is 6.30. The van der Waals surface area contributed by atoms with Gasteiger partial charge in [-0.05, 0) is 49.1 Å². The van der Waals surface area contributed by atoms with E-state index in [0.717, 1.165) is 24.2 Å². The molecule has 0 fully saturated rings. The van der Waals surface area contributed by atoms with Crippen LogP contribution in [0.3, 0.4) is 0 Å². The number of amides is 1. The SMILES string of the molecule is O=C1CCc2ccccc2OC/C=C\CCCOC(=O)c2cccc(c2)N1. The molecule has 1 aliphatic heterocycles. The highest BCUT2D eigenvalue weighted by Crippen LogP contribution is 2.20. The maximum absolute atomic E-state index is 12.3. The monoisotopic (exact) mass is 365 g/mol.